The fraction of sp³-hybridized carbons (Fsp3) is 0.111. The Hall–Kier alpha value is -1.07. The molecule has 0 radical (unpaired) electrons. The minimum Gasteiger partial charge on any atom is -0.474 e. The number of aryl methyl sites for hydroxylation is 1. The van der Waals surface area contributed by atoms with Crippen LogP contribution in [0.1, 0.15) is 5.56 Å². The van der Waals surface area contributed by atoms with Gasteiger partial charge in [0, 0.05) is 9.50 Å². The van der Waals surface area contributed by atoms with Crippen molar-refractivity contribution in [3.63, 3.8) is 0 Å². The number of hydrogen-bond acceptors (Lipinski definition) is 2. The normalized spacial score (nSPS) is 9.80. The lowest BCUT2D eigenvalue weighted by molar-refractivity contribution is -0.147. The standard InChI is InChI=1S/C9H7BrClNO3/c1-4-2-5(10)7(3-6(4)11)12-8(13)9(14)15/h2-3H,1H3,(H,12,13)(H,14,15). The summed E-state index contributed by atoms with van der Waals surface area (Å²) in [6, 6.07) is 3.18. The highest BCUT2D eigenvalue weighted by Crippen LogP contribution is 2.28. The molecular formula is C9H7BrClNO3. The fourth-order valence-corrected chi connectivity index (χ4v) is 1.64. The van der Waals surface area contributed by atoms with Crippen LogP contribution in [0.3, 0.4) is 0 Å². The Morgan fingerprint density at radius 1 is 1.47 bits per heavy atom. The van der Waals surface area contributed by atoms with E-state index >= 15 is 0 Å². The van der Waals surface area contributed by atoms with Crippen LogP contribution in [0.25, 0.3) is 0 Å². The van der Waals surface area contributed by atoms with Gasteiger partial charge in [-0.25, -0.2) is 4.79 Å². The number of aliphatic carboxylic acids is 1. The Kier molecular flexibility index (Phi) is 3.71. The van der Waals surface area contributed by atoms with Crippen molar-refractivity contribution in [2.45, 2.75) is 6.92 Å². The summed E-state index contributed by atoms with van der Waals surface area (Å²) in [4.78, 5) is 21.2. The third-order valence-corrected chi connectivity index (χ3v) is 2.75. The van der Waals surface area contributed by atoms with Crippen molar-refractivity contribution >= 4 is 45.1 Å². The zero-order valence-corrected chi connectivity index (χ0v) is 10.0. The lowest BCUT2D eigenvalue weighted by atomic mass is 10.2. The summed E-state index contributed by atoms with van der Waals surface area (Å²) in [7, 11) is 0. The van der Waals surface area contributed by atoms with E-state index in [1.807, 2.05) is 0 Å². The Morgan fingerprint density at radius 3 is 2.60 bits per heavy atom. The molecule has 0 unspecified atom stereocenters. The summed E-state index contributed by atoms with van der Waals surface area (Å²) in [6.45, 7) is 1.80. The van der Waals surface area contributed by atoms with Gasteiger partial charge in [0.05, 0.1) is 5.69 Å². The van der Waals surface area contributed by atoms with E-state index < -0.39 is 11.9 Å². The number of rotatable bonds is 1. The van der Waals surface area contributed by atoms with Gasteiger partial charge < -0.3 is 10.4 Å². The predicted molar refractivity (Wildman–Crippen MR) is 60.2 cm³/mol. The molecule has 0 aliphatic carbocycles. The third-order valence-electron chi connectivity index (χ3n) is 1.69. The average molecular weight is 293 g/mol. The van der Waals surface area contributed by atoms with Crippen molar-refractivity contribution in [3.05, 3.63) is 27.2 Å². The zero-order chi connectivity index (χ0) is 11.6. The SMILES string of the molecule is Cc1cc(Br)c(NC(=O)C(=O)O)cc1Cl. The van der Waals surface area contributed by atoms with Gasteiger partial charge in [0.1, 0.15) is 0 Å². The second-order valence-electron chi connectivity index (χ2n) is 2.84. The Bertz CT molecular complexity index is 434. The van der Waals surface area contributed by atoms with E-state index in [0.717, 1.165) is 5.56 Å². The van der Waals surface area contributed by atoms with Crippen molar-refractivity contribution in [3.8, 4) is 0 Å². The maximum atomic E-state index is 10.9. The van der Waals surface area contributed by atoms with Crippen LogP contribution in [-0.4, -0.2) is 17.0 Å². The van der Waals surface area contributed by atoms with Crippen LogP contribution in [0.5, 0.6) is 0 Å². The number of nitrogens with one attached hydrogen (secondary N) is 1. The van der Waals surface area contributed by atoms with Gasteiger partial charge in [0.25, 0.3) is 0 Å². The monoisotopic (exact) mass is 291 g/mol. The third kappa shape index (κ3) is 2.94. The first-order chi connectivity index (χ1) is 6.91. The van der Waals surface area contributed by atoms with Crippen LogP contribution in [0.15, 0.2) is 16.6 Å². The average Bonchev–Trinajstić information content (AvgIpc) is 2.13. The highest BCUT2D eigenvalue weighted by molar-refractivity contribution is 9.10. The van der Waals surface area contributed by atoms with Crippen molar-refractivity contribution in [1.29, 1.82) is 0 Å². The van der Waals surface area contributed by atoms with Gasteiger partial charge >= 0.3 is 11.9 Å². The van der Waals surface area contributed by atoms with E-state index in [1.54, 1.807) is 13.0 Å². The molecule has 6 heteroatoms. The molecule has 1 amide bonds. The van der Waals surface area contributed by atoms with E-state index in [2.05, 4.69) is 21.2 Å². The predicted octanol–water partition coefficient (Wildman–Crippen LogP) is 2.43. The molecule has 0 atom stereocenters. The number of benzene rings is 1. The van der Waals surface area contributed by atoms with E-state index in [9.17, 15) is 9.59 Å². The van der Waals surface area contributed by atoms with Gasteiger partial charge in [-0.1, -0.05) is 11.6 Å². The molecule has 0 fully saturated rings. The van der Waals surface area contributed by atoms with Crippen molar-refractivity contribution in [2.75, 3.05) is 5.32 Å². The number of halogens is 2. The van der Waals surface area contributed by atoms with Crippen LogP contribution in [0.2, 0.25) is 5.02 Å². The number of carbonyl (C=O) groups is 2. The number of amides is 1. The van der Waals surface area contributed by atoms with Crippen LogP contribution in [-0.2, 0) is 9.59 Å². The Labute approximate surface area is 99.4 Å². The number of carboxylic acid groups (broad SMARTS) is 1. The first kappa shape index (κ1) is 12.0. The quantitative estimate of drug-likeness (QED) is 0.781. The van der Waals surface area contributed by atoms with Crippen molar-refractivity contribution < 1.29 is 14.7 Å². The Balaban J connectivity index is 3.01. The van der Waals surface area contributed by atoms with E-state index in [1.165, 1.54) is 6.07 Å². The number of carbonyl (C=O) groups excluding carboxylic acids is 1. The minimum atomic E-state index is -1.54. The van der Waals surface area contributed by atoms with Gasteiger partial charge in [-0.15, -0.1) is 0 Å². The molecule has 2 N–H and O–H groups in total. The highest BCUT2D eigenvalue weighted by atomic mass is 79.9. The van der Waals surface area contributed by atoms with Gasteiger partial charge in [-0.3, -0.25) is 4.79 Å². The van der Waals surface area contributed by atoms with Crippen LogP contribution < -0.4 is 5.32 Å². The lowest BCUT2D eigenvalue weighted by Gasteiger charge is -2.07. The van der Waals surface area contributed by atoms with Crippen LogP contribution in [0.4, 0.5) is 5.69 Å². The number of anilines is 1. The second-order valence-corrected chi connectivity index (χ2v) is 4.10. The Morgan fingerprint density at radius 2 is 2.07 bits per heavy atom. The topological polar surface area (TPSA) is 66.4 Å². The molecule has 0 saturated heterocycles. The molecule has 0 aliphatic rings. The number of carboxylic acids is 1. The molecule has 4 nitrogen and oxygen atoms in total. The summed E-state index contributed by atoms with van der Waals surface area (Å²) >= 11 is 9.02. The van der Waals surface area contributed by atoms with Crippen molar-refractivity contribution in [2.24, 2.45) is 0 Å². The van der Waals surface area contributed by atoms with Crippen molar-refractivity contribution in [1.82, 2.24) is 0 Å². The van der Waals surface area contributed by atoms with Gasteiger partial charge in [0.15, 0.2) is 0 Å². The second kappa shape index (κ2) is 4.63. The first-order valence-corrected chi connectivity index (χ1v) is 5.09. The number of hydrogen-bond donors (Lipinski definition) is 2. The van der Waals surface area contributed by atoms with E-state index in [0.29, 0.717) is 15.2 Å². The van der Waals surface area contributed by atoms with Crippen LogP contribution in [0, 0.1) is 6.92 Å². The summed E-state index contributed by atoms with van der Waals surface area (Å²) < 4.78 is 0.582. The largest absolute Gasteiger partial charge is 0.474 e. The fourth-order valence-electron chi connectivity index (χ4n) is 0.918. The summed E-state index contributed by atoms with van der Waals surface area (Å²) in [5.74, 6) is -2.64. The van der Waals surface area contributed by atoms with Gasteiger partial charge in [-0.2, -0.15) is 0 Å². The maximum Gasteiger partial charge on any atom is 0.394 e. The summed E-state index contributed by atoms with van der Waals surface area (Å²) in [5, 5.41) is 11.1. The smallest absolute Gasteiger partial charge is 0.394 e. The molecule has 1 aromatic carbocycles. The van der Waals surface area contributed by atoms with Gasteiger partial charge in [-0.05, 0) is 40.5 Å². The molecule has 0 heterocycles. The first-order valence-electron chi connectivity index (χ1n) is 3.91. The molecule has 0 saturated carbocycles. The summed E-state index contributed by atoms with van der Waals surface area (Å²) in [5.41, 5.74) is 1.16. The maximum absolute atomic E-state index is 10.9. The van der Waals surface area contributed by atoms with Gasteiger partial charge in [0.2, 0.25) is 0 Å². The molecule has 15 heavy (non-hydrogen) atoms. The molecule has 1 aromatic rings. The minimum absolute atomic E-state index is 0.331. The molecule has 0 spiro atoms. The molecule has 0 aromatic heterocycles. The van der Waals surface area contributed by atoms with Crippen LogP contribution >= 0.6 is 27.5 Å². The molecule has 0 bridgehead atoms. The van der Waals surface area contributed by atoms with E-state index in [-0.39, 0.29) is 0 Å². The molecule has 80 valence electrons. The van der Waals surface area contributed by atoms with E-state index in [4.69, 9.17) is 16.7 Å². The molecule has 1 rings (SSSR count). The lowest BCUT2D eigenvalue weighted by Crippen LogP contribution is -2.22. The zero-order valence-electron chi connectivity index (χ0n) is 7.67. The summed E-state index contributed by atoms with van der Waals surface area (Å²) in [6.07, 6.45) is 0. The highest BCUT2D eigenvalue weighted by Gasteiger charge is 2.13. The molecule has 0 aliphatic heterocycles. The molecular weight excluding hydrogens is 285 g/mol.